The van der Waals surface area contributed by atoms with Crippen molar-refractivity contribution in [3.63, 3.8) is 0 Å². The summed E-state index contributed by atoms with van der Waals surface area (Å²) in [6.45, 7) is 0. The zero-order valence-corrected chi connectivity index (χ0v) is 12.0. The standard InChI is InChI=1S/C14H14N4O4/c1-21-11-6-5-10(13(8-11)22-2)9-16-17-14-12(18(19)20)4-3-7-15-14/h3-9H,1-2H3,(H,15,17)/b16-9+. The Labute approximate surface area is 126 Å². The number of hydrogen-bond acceptors (Lipinski definition) is 7. The van der Waals surface area contributed by atoms with Gasteiger partial charge >= 0.3 is 5.69 Å². The second-order valence-electron chi connectivity index (χ2n) is 4.11. The Morgan fingerprint density at radius 3 is 2.82 bits per heavy atom. The number of aromatic nitrogens is 1. The Bertz CT molecular complexity index is 703. The minimum absolute atomic E-state index is 0.0660. The van der Waals surface area contributed by atoms with Crippen molar-refractivity contribution >= 4 is 17.7 Å². The third-order valence-electron chi connectivity index (χ3n) is 2.80. The average molecular weight is 302 g/mol. The summed E-state index contributed by atoms with van der Waals surface area (Å²) in [6.07, 6.45) is 2.93. The quantitative estimate of drug-likeness (QED) is 0.500. The summed E-state index contributed by atoms with van der Waals surface area (Å²) in [7, 11) is 3.09. The van der Waals surface area contributed by atoms with Crippen LogP contribution in [0.1, 0.15) is 5.56 Å². The van der Waals surface area contributed by atoms with Gasteiger partial charge in [-0.05, 0) is 18.2 Å². The fourth-order valence-electron chi connectivity index (χ4n) is 1.72. The zero-order chi connectivity index (χ0) is 15.9. The second-order valence-corrected chi connectivity index (χ2v) is 4.11. The van der Waals surface area contributed by atoms with Crippen molar-refractivity contribution in [2.75, 3.05) is 19.6 Å². The summed E-state index contributed by atoms with van der Waals surface area (Å²) in [4.78, 5) is 14.2. The van der Waals surface area contributed by atoms with Crippen molar-refractivity contribution in [1.29, 1.82) is 0 Å². The molecule has 1 heterocycles. The van der Waals surface area contributed by atoms with Gasteiger partial charge < -0.3 is 9.47 Å². The Morgan fingerprint density at radius 1 is 1.32 bits per heavy atom. The van der Waals surface area contributed by atoms with Gasteiger partial charge in [-0.1, -0.05) is 0 Å². The topological polar surface area (TPSA) is 98.9 Å². The van der Waals surface area contributed by atoms with E-state index in [1.54, 1.807) is 25.3 Å². The SMILES string of the molecule is COc1ccc(/C=N/Nc2ncccc2[N+](=O)[O-])c(OC)c1. The fraction of sp³-hybridized carbons (Fsp3) is 0.143. The molecule has 0 saturated carbocycles. The van der Waals surface area contributed by atoms with E-state index in [0.717, 1.165) is 0 Å². The van der Waals surface area contributed by atoms with Crippen LogP contribution in [0.3, 0.4) is 0 Å². The molecule has 0 amide bonds. The lowest BCUT2D eigenvalue weighted by Crippen LogP contribution is -1.99. The number of anilines is 1. The van der Waals surface area contributed by atoms with Gasteiger partial charge in [-0.15, -0.1) is 0 Å². The van der Waals surface area contributed by atoms with E-state index >= 15 is 0 Å². The van der Waals surface area contributed by atoms with Gasteiger partial charge in [0, 0.05) is 23.9 Å². The van der Waals surface area contributed by atoms with Crippen LogP contribution in [0.5, 0.6) is 11.5 Å². The Morgan fingerprint density at radius 2 is 2.14 bits per heavy atom. The van der Waals surface area contributed by atoms with Gasteiger partial charge in [0.2, 0.25) is 5.82 Å². The molecule has 2 aromatic rings. The maximum atomic E-state index is 10.9. The summed E-state index contributed by atoms with van der Waals surface area (Å²) >= 11 is 0. The van der Waals surface area contributed by atoms with Crippen LogP contribution in [-0.4, -0.2) is 30.3 Å². The van der Waals surface area contributed by atoms with Crippen molar-refractivity contribution in [1.82, 2.24) is 4.98 Å². The molecule has 0 unspecified atom stereocenters. The molecule has 0 radical (unpaired) electrons. The van der Waals surface area contributed by atoms with Crippen molar-refractivity contribution in [2.24, 2.45) is 5.10 Å². The number of hydrazone groups is 1. The van der Waals surface area contributed by atoms with Crippen LogP contribution in [0, 0.1) is 10.1 Å². The van der Waals surface area contributed by atoms with Crippen LogP contribution in [0.25, 0.3) is 0 Å². The second kappa shape index (κ2) is 7.02. The number of benzene rings is 1. The van der Waals surface area contributed by atoms with Gasteiger partial charge in [0.15, 0.2) is 0 Å². The Kier molecular flexibility index (Phi) is 4.86. The number of methoxy groups -OCH3 is 2. The number of ether oxygens (including phenoxy) is 2. The Hall–Kier alpha value is -3.16. The van der Waals surface area contributed by atoms with E-state index in [9.17, 15) is 10.1 Å². The van der Waals surface area contributed by atoms with E-state index in [0.29, 0.717) is 17.1 Å². The van der Waals surface area contributed by atoms with Gasteiger partial charge in [0.05, 0.1) is 25.4 Å². The minimum Gasteiger partial charge on any atom is -0.497 e. The molecule has 8 nitrogen and oxygen atoms in total. The van der Waals surface area contributed by atoms with Crippen LogP contribution in [-0.2, 0) is 0 Å². The number of hydrogen-bond donors (Lipinski definition) is 1. The number of nitrogens with zero attached hydrogens (tertiary/aromatic N) is 3. The van der Waals surface area contributed by atoms with Crippen LogP contribution < -0.4 is 14.9 Å². The molecule has 1 aromatic carbocycles. The summed E-state index contributed by atoms with van der Waals surface area (Å²) in [5.74, 6) is 1.29. The lowest BCUT2D eigenvalue weighted by atomic mass is 10.2. The molecule has 0 saturated heterocycles. The molecular formula is C14H14N4O4. The smallest absolute Gasteiger partial charge is 0.313 e. The number of pyridine rings is 1. The highest BCUT2D eigenvalue weighted by atomic mass is 16.6. The first-order valence-corrected chi connectivity index (χ1v) is 6.26. The summed E-state index contributed by atoms with van der Waals surface area (Å²) in [6, 6.07) is 8.06. The first-order valence-electron chi connectivity index (χ1n) is 6.26. The molecular weight excluding hydrogens is 288 g/mol. The predicted molar refractivity (Wildman–Crippen MR) is 81.7 cm³/mol. The average Bonchev–Trinajstić information content (AvgIpc) is 2.55. The lowest BCUT2D eigenvalue weighted by molar-refractivity contribution is -0.384. The molecule has 2 rings (SSSR count). The van der Waals surface area contributed by atoms with Gasteiger partial charge in [-0.3, -0.25) is 15.5 Å². The highest BCUT2D eigenvalue weighted by molar-refractivity contribution is 5.84. The van der Waals surface area contributed by atoms with Crippen molar-refractivity contribution in [3.8, 4) is 11.5 Å². The normalized spacial score (nSPS) is 10.5. The zero-order valence-electron chi connectivity index (χ0n) is 12.0. The van der Waals surface area contributed by atoms with Crippen LogP contribution >= 0.6 is 0 Å². The molecule has 8 heteroatoms. The molecule has 114 valence electrons. The fourth-order valence-corrected chi connectivity index (χ4v) is 1.72. The van der Waals surface area contributed by atoms with Crippen molar-refractivity contribution < 1.29 is 14.4 Å². The summed E-state index contributed by atoms with van der Waals surface area (Å²) in [5.41, 5.74) is 3.09. The largest absolute Gasteiger partial charge is 0.497 e. The molecule has 1 aromatic heterocycles. The lowest BCUT2D eigenvalue weighted by Gasteiger charge is -2.07. The summed E-state index contributed by atoms with van der Waals surface area (Å²) < 4.78 is 10.3. The van der Waals surface area contributed by atoms with Crippen molar-refractivity contribution in [2.45, 2.75) is 0 Å². The van der Waals surface area contributed by atoms with E-state index in [2.05, 4.69) is 15.5 Å². The first kappa shape index (κ1) is 15.2. The Balaban J connectivity index is 2.18. The first-order chi connectivity index (χ1) is 10.7. The van der Waals surface area contributed by atoms with E-state index < -0.39 is 4.92 Å². The van der Waals surface area contributed by atoms with Gasteiger partial charge in [-0.2, -0.15) is 5.10 Å². The molecule has 22 heavy (non-hydrogen) atoms. The molecule has 0 aliphatic carbocycles. The third-order valence-corrected chi connectivity index (χ3v) is 2.80. The highest BCUT2D eigenvalue weighted by Gasteiger charge is 2.13. The van der Waals surface area contributed by atoms with E-state index in [-0.39, 0.29) is 11.5 Å². The van der Waals surface area contributed by atoms with E-state index in [1.807, 2.05) is 0 Å². The molecule has 0 aliphatic heterocycles. The molecule has 0 aliphatic rings. The van der Waals surface area contributed by atoms with Crippen LogP contribution in [0.4, 0.5) is 11.5 Å². The van der Waals surface area contributed by atoms with Crippen molar-refractivity contribution in [3.05, 3.63) is 52.2 Å². The molecule has 1 N–H and O–H groups in total. The van der Waals surface area contributed by atoms with Crippen LogP contribution in [0.15, 0.2) is 41.6 Å². The maximum absolute atomic E-state index is 10.9. The number of nitrogens with one attached hydrogen (secondary N) is 1. The monoisotopic (exact) mass is 302 g/mol. The number of rotatable bonds is 6. The molecule has 0 fully saturated rings. The van der Waals surface area contributed by atoms with E-state index in [4.69, 9.17) is 9.47 Å². The van der Waals surface area contributed by atoms with Gasteiger partial charge in [0.1, 0.15) is 11.5 Å². The highest BCUT2D eigenvalue weighted by Crippen LogP contribution is 2.23. The molecule has 0 bridgehead atoms. The van der Waals surface area contributed by atoms with Gasteiger partial charge in [0.25, 0.3) is 0 Å². The van der Waals surface area contributed by atoms with E-state index in [1.165, 1.54) is 31.7 Å². The summed E-state index contributed by atoms with van der Waals surface area (Å²) in [5, 5.41) is 14.8. The molecule has 0 atom stereocenters. The minimum atomic E-state index is -0.529. The molecule has 0 spiro atoms. The number of nitro groups is 1. The van der Waals surface area contributed by atoms with Crippen LogP contribution in [0.2, 0.25) is 0 Å². The van der Waals surface area contributed by atoms with Gasteiger partial charge in [-0.25, -0.2) is 4.98 Å². The third kappa shape index (κ3) is 3.48. The predicted octanol–water partition coefficient (Wildman–Crippen LogP) is 2.45. The maximum Gasteiger partial charge on any atom is 0.313 e.